The molecule has 32 heavy (non-hydrogen) atoms. The average molecular weight is 431 g/mol. The molecule has 1 aromatic heterocycles. The molecule has 8 nitrogen and oxygen atoms in total. The van der Waals surface area contributed by atoms with Crippen molar-refractivity contribution < 1.29 is 14.4 Å². The first-order valence-corrected chi connectivity index (χ1v) is 11.2. The first-order valence-electron chi connectivity index (χ1n) is 11.2. The van der Waals surface area contributed by atoms with Crippen LogP contribution in [0.2, 0.25) is 0 Å². The highest BCUT2D eigenvalue weighted by atomic mass is 16.2. The maximum absolute atomic E-state index is 13.4. The number of hydrogen-bond donors (Lipinski definition) is 2. The Kier molecular flexibility index (Phi) is 5.25. The molecule has 1 saturated carbocycles. The number of piperidine rings is 1. The lowest BCUT2D eigenvalue weighted by Crippen LogP contribution is -2.54. The number of nitrogens with one attached hydrogen (secondary N) is 2. The Labute approximate surface area is 186 Å². The number of fused-ring (bicyclic) bond motifs is 3. The van der Waals surface area contributed by atoms with Gasteiger partial charge in [-0.05, 0) is 50.2 Å². The predicted molar refractivity (Wildman–Crippen MR) is 116 cm³/mol. The Morgan fingerprint density at radius 2 is 2.06 bits per heavy atom. The van der Waals surface area contributed by atoms with Gasteiger partial charge in [-0.25, -0.2) is 4.98 Å². The monoisotopic (exact) mass is 431 g/mol. The lowest BCUT2D eigenvalue weighted by atomic mass is 9.95. The van der Waals surface area contributed by atoms with E-state index in [0.29, 0.717) is 18.7 Å². The minimum absolute atomic E-state index is 0.0117. The van der Waals surface area contributed by atoms with E-state index in [1.54, 1.807) is 11.0 Å². The standard InChI is InChI=1S/C24H25N5O3/c25-13-17(11-16-9-10-26-22(16)30)27-23(31)21-15-5-7-18(12-15)29(21)24(32)20-8-6-14-3-1-2-4-19(14)28-20/h1-4,6,8,15-18,21H,5,7,9-12H2,(H,26,30)(H,27,31)/t15-,16-,17-,18+,21-/m0/s1. The predicted octanol–water partition coefficient (Wildman–Crippen LogP) is 1.76. The number of pyridine rings is 1. The van der Waals surface area contributed by atoms with Crippen LogP contribution in [0.4, 0.5) is 0 Å². The number of nitriles is 1. The Balaban J connectivity index is 1.35. The molecule has 1 aromatic carbocycles. The Morgan fingerprint density at radius 3 is 2.84 bits per heavy atom. The fraction of sp³-hybridized carbons (Fsp3) is 0.458. The van der Waals surface area contributed by atoms with Crippen molar-refractivity contribution in [3.05, 3.63) is 42.1 Å². The van der Waals surface area contributed by atoms with Crippen LogP contribution in [0.25, 0.3) is 10.9 Å². The summed E-state index contributed by atoms with van der Waals surface area (Å²) in [6.07, 6.45) is 3.51. The van der Waals surface area contributed by atoms with Crippen molar-refractivity contribution in [2.45, 2.75) is 50.2 Å². The van der Waals surface area contributed by atoms with E-state index in [9.17, 15) is 19.6 Å². The summed E-state index contributed by atoms with van der Waals surface area (Å²) in [6, 6.07) is 12.0. The van der Waals surface area contributed by atoms with Gasteiger partial charge in [-0.15, -0.1) is 0 Å². The number of nitrogens with zero attached hydrogens (tertiary/aromatic N) is 3. The SMILES string of the molecule is N#C[C@H](C[C@@H]1CCNC1=O)NC(=O)[C@@H]1[C@H]2CC[C@H](C2)N1C(=O)c1ccc2ccccc2n1. The van der Waals surface area contributed by atoms with Gasteiger partial charge in [0.25, 0.3) is 5.91 Å². The summed E-state index contributed by atoms with van der Waals surface area (Å²) in [4.78, 5) is 44.8. The maximum atomic E-state index is 13.4. The van der Waals surface area contributed by atoms with Crippen LogP contribution in [-0.4, -0.2) is 52.3 Å². The molecule has 0 unspecified atom stereocenters. The quantitative estimate of drug-likeness (QED) is 0.749. The van der Waals surface area contributed by atoms with Gasteiger partial charge in [0.1, 0.15) is 17.8 Å². The van der Waals surface area contributed by atoms with Gasteiger partial charge in [-0.3, -0.25) is 14.4 Å². The Hall–Kier alpha value is -3.47. The van der Waals surface area contributed by atoms with Gasteiger partial charge < -0.3 is 15.5 Å². The second-order valence-corrected chi connectivity index (χ2v) is 8.98. The number of likely N-dealkylation sites (tertiary alicyclic amines) is 1. The molecular weight excluding hydrogens is 406 g/mol. The van der Waals surface area contributed by atoms with Crippen LogP contribution in [0.5, 0.6) is 0 Å². The van der Waals surface area contributed by atoms with Gasteiger partial charge in [-0.2, -0.15) is 5.26 Å². The van der Waals surface area contributed by atoms with Crippen LogP contribution in [-0.2, 0) is 9.59 Å². The third-order valence-electron chi connectivity index (χ3n) is 7.06. The summed E-state index contributed by atoms with van der Waals surface area (Å²) in [5.41, 5.74) is 1.07. The van der Waals surface area contributed by atoms with Crippen molar-refractivity contribution in [3.8, 4) is 6.07 Å². The van der Waals surface area contributed by atoms with Crippen LogP contribution in [0.3, 0.4) is 0 Å². The highest BCUT2D eigenvalue weighted by molar-refractivity contribution is 5.99. The molecule has 0 radical (unpaired) electrons. The second-order valence-electron chi connectivity index (χ2n) is 8.98. The third kappa shape index (κ3) is 3.58. The van der Waals surface area contributed by atoms with E-state index < -0.39 is 12.1 Å². The molecule has 3 fully saturated rings. The molecule has 5 atom stereocenters. The van der Waals surface area contributed by atoms with Gasteiger partial charge in [0, 0.05) is 23.9 Å². The molecule has 3 heterocycles. The van der Waals surface area contributed by atoms with Crippen LogP contribution in [0, 0.1) is 23.2 Å². The van der Waals surface area contributed by atoms with Crippen molar-refractivity contribution >= 4 is 28.6 Å². The second kappa shape index (κ2) is 8.23. The summed E-state index contributed by atoms with van der Waals surface area (Å²) < 4.78 is 0. The molecular formula is C24H25N5O3. The molecule has 1 aliphatic carbocycles. The number of amides is 3. The summed E-state index contributed by atoms with van der Waals surface area (Å²) in [6.45, 7) is 0.600. The number of carbonyl (C=O) groups is 3. The molecule has 2 aromatic rings. The topological polar surface area (TPSA) is 115 Å². The molecule has 2 saturated heterocycles. The van der Waals surface area contributed by atoms with Gasteiger partial charge in [0.15, 0.2) is 0 Å². The van der Waals surface area contributed by atoms with E-state index in [0.717, 1.165) is 30.2 Å². The van der Waals surface area contributed by atoms with Crippen molar-refractivity contribution in [3.63, 3.8) is 0 Å². The molecule has 2 N–H and O–H groups in total. The summed E-state index contributed by atoms with van der Waals surface area (Å²) in [7, 11) is 0. The number of carbonyl (C=O) groups excluding carboxylic acids is 3. The largest absolute Gasteiger partial charge is 0.356 e. The van der Waals surface area contributed by atoms with E-state index in [2.05, 4.69) is 21.7 Å². The van der Waals surface area contributed by atoms with Gasteiger partial charge in [0.05, 0.1) is 11.6 Å². The Bertz CT molecular complexity index is 1130. The minimum atomic E-state index is -0.758. The van der Waals surface area contributed by atoms with Crippen molar-refractivity contribution in [1.82, 2.24) is 20.5 Å². The number of aromatic nitrogens is 1. The van der Waals surface area contributed by atoms with E-state index in [1.807, 2.05) is 30.3 Å². The van der Waals surface area contributed by atoms with Crippen LogP contribution in [0.1, 0.15) is 42.6 Å². The summed E-state index contributed by atoms with van der Waals surface area (Å²) >= 11 is 0. The summed E-state index contributed by atoms with van der Waals surface area (Å²) in [5.74, 6) is -0.806. The number of rotatable bonds is 5. The smallest absolute Gasteiger partial charge is 0.273 e. The normalized spacial score (nSPS) is 27.2. The zero-order valence-corrected chi connectivity index (χ0v) is 17.7. The van der Waals surface area contributed by atoms with Gasteiger partial charge in [0.2, 0.25) is 11.8 Å². The number of para-hydroxylation sites is 1. The molecule has 2 bridgehead atoms. The highest BCUT2D eigenvalue weighted by Crippen LogP contribution is 2.43. The van der Waals surface area contributed by atoms with E-state index in [4.69, 9.17) is 0 Å². The minimum Gasteiger partial charge on any atom is -0.356 e. The van der Waals surface area contributed by atoms with Gasteiger partial charge in [-0.1, -0.05) is 24.3 Å². The fourth-order valence-corrected chi connectivity index (χ4v) is 5.49. The molecule has 0 spiro atoms. The summed E-state index contributed by atoms with van der Waals surface area (Å²) in [5, 5.41) is 16.1. The first kappa shape index (κ1) is 20.4. The van der Waals surface area contributed by atoms with Crippen LogP contribution >= 0.6 is 0 Å². The highest BCUT2D eigenvalue weighted by Gasteiger charge is 2.52. The van der Waals surface area contributed by atoms with Crippen molar-refractivity contribution in [2.75, 3.05) is 6.54 Å². The number of hydrogen-bond acceptors (Lipinski definition) is 5. The number of benzene rings is 1. The lowest BCUT2D eigenvalue weighted by molar-refractivity contribution is -0.128. The zero-order valence-electron chi connectivity index (χ0n) is 17.7. The first-order chi connectivity index (χ1) is 15.5. The molecule has 5 rings (SSSR count). The molecule has 8 heteroatoms. The third-order valence-corrected chi connectivity index (χ3v) is 7.06. The molecule has 2 aliphatic heterocycles. The Morgan fingerprint density at radius 1 is 1.22 bits per heavy atom. The van der Waals surface area contributed by atoms with E-state index in [1.165, 1.54) is 0 Å². The molecule has 3 aliphatic rings. The van der Waals surface area contributed by atoms with E-state index >= 15 is 0 Å². The average Bonchev–Trinajstić information content (AvgIpc) is 3.54. The van der Waals surface area contributed by atoms with Crippen molar-refractivity contribution in [2.24, 2.45) is 11.8 Å². The van der Waals surface area contributed by atoms with Crippen LogP contribution in [0.15, 0.2) is 36.4 Å². The zero-order chi connectivity index (χ0) is 22.2. The van der Waals surface area contributed by atoms with Gasteiger partial charge >= 0.3 is 0 Å². The van der Waals surface area contributed by atoms with Crippen molar-refractivity contribution in [1.29, 1.82) is 5.26 Å². The molecule has 3 amide bonds. The molecule has 164 valence electrons. The van der Waals surface area contributed by atoms with E-state index in [-0.39, 0.29) is 42.0 Å². The lowest BCUT2D eigenvalue weighted by Gasteiger charge is -2.34. The van der Waals surface area contributed by atoms with Crippen LogP contribution < -0.4 is 10.6 Å². The maximum Gasteiger partial charge on any atom is 0.273 e. The fourth-order valence-electron chi connectivity index (χ4n) is 5.49.